The molecule has 0 spiro atoms. The third-order valence-corrected chi connectivity index (χ3v) is 3.51. The maximum atomic E-state index is 12.1. The van der Waals surface area contributed by atoms with Gasteiger partial charge in [-0.05, 0) is 38.8 Å². The second kappa shape index (κ2) is 5.87. The molecule has 1 rings (SSSR count). The molecule has 0 unspecified atom stereocenters. The van der Waals surface area contributed by atoms with Crippen LogP contribution in [0, 0.1) is 6.92 Å². The molecule has 1 amide bonds. The Kier molecular flexibility index (Phi) is 5.02. The average Bonchev–Trinajstić information content (AvgIpc) is 2.21. The van der Waals surface area contributed by atoms with Crippen molar-refractivity contribution in [3.05, 3.63) is 34.3 Å². The van der Waals surface area contributed by atoms with Crippen molar-refractivity contribution in [3.63, 3.8) is 0 Å². The van der Waals surface area contributed by atoms with Crippen molar-refractivity contribution < 1.29 is 4.79 Å². The highest BCUT2D eigenvalue weighted by Crippen LogP contribution is 2.21. The summed E-state index contributed by atoms with van der Waals surface area (Å²) in [6, 6.07) is 5.48. The Morgan fingerprint density at radius 1 is 1.47 bits per heavy atom. The number of amides is 1. The van der Waals surface area contributed by atoms with Crippen molar-refractivity contribution in [2.24, 2.45) is 0 Å². The van der Waals surface area contributed by atoms with Gasteiger partial charge in [-0.15, -0.1) is 0 Å². The molecule has 0 saturated carbocycles. The van der Waals surface area contributed by atoms with Crippen LogP contribution in [0.15, 0.2) is 18.2 Å². The molecule has 4 heteroatoms. The second-order valence-corrected chi connectivity index (χ2v) is 5.88. The van der Waals surface area contributed by atoms with Gasteiger partial charge >= 0.3 is 0 Å². The number of carbonyl (C=O) groups excluding carboxylic acids is 1. The number of nitrogens with one attached hydrogen (secondary N) is 1. The van der Waals surface area contributed by atoms with Gasteiger partial charge in [0, 0.05) is 10.9 Å². The van der Waals surface area contributed by atoms with Gasteiger partial charge in [-0.3, -0.25) is 4.79 Å². The molecule has 0 aliphatic carbocycles. The van der Waals surface area contributed by atoms with Crippen LogP contribution in [-0.2, 0) is 0 Å². The fourth-order valence-corrected chi connectivity index (χ4v) is 2.70. The summed E-state index contributed by atoms with van der Waals surface area (Å²) in [7, 11) is 0. The average molecular weight is 319 g/mol. The first kappa shape index (κ1) is 14.5. The Bertz CT molecular complexity index is 418. The normalized spacial score (nSPS) is 11.4. The Hall–Kier alpha value is -0.540. The summed E-state index contributed by atoms with van der Waals surface area (Å²) in [6.07, 6.45) is 0.863. The number of hydrogen-bond donors (Lipinski definition) is 1. The van der Waals surface area contributed by atoms with Gasteiger partial charge in [0.2, 0.25) is 0 Å². The molecule has 0 bridgehead atoms. The van der Waals surface area contributed by atoms with Crippen molar-refractivity contribution in [3.8, 4) is 0 Å². The van der Waals surface area contributed by atoms with E-state index in [0.29, 0.717) is 10.6 Å². The Labute approximate surface area is 116 Å². The molecule has 0 atom stereocenters. The van der Waals surface area contributed by atoms with Crippen molar-refractivity contribution in [2.45, 2.75) is 32.7 Å². The second-order valence-electron chi connectivity index (χ2n) is 4.71. The van der Waals surface area contributed by atoms with E-state index in [4.69, 9.17) is 11.6 Å². The minimum Gasteiger partial charge on any atom is -0.347 e. The molecule has 0 aromatic heterocycles. The lowest BCUT2D eigenvalue weighted by atomic mass is 10.0. The van der Waals surface area contributed by atoms with Crippen molar-refractivity contribution >= 4 is 33.4 Å². The van der Waals surface area contributed by atoms with Crippen LogP contribution in [0.1, 0.15) is 36.2 Å². The molecule has 94 valence electrons. The van der Waals surface area contributed by atoms with E-state index in [-0.39, 0.29) is 11.4 Å². The Morgan fingerprint density at radius 2 is 2.12 bits per heavy atom. The highest BCUT2D eigenvalue weighted by atomic mass is 79.9. The van der Waals surface area contributed by atoms with Gasteiger partial charge < -0.3 is 5.32 Å². The molecular weight excluding hydrogens is 302 g/mol. The number of alkyl halides is 1. The molecule has 0 heterocycles. The van der Waals surface area contributed by atoms with Crippen LogP contribution in [0.3, 0.4) is 0 Å². The predicted molar refractivity (Wildman–Crippen MR) is 76.1 cm³/mol. The third-order valence-electron chi connectivity index (χ3n) is 2.61. The zero-order valence-electron chi connectivity index (χ0n) is 10.3. The third kappa shape index (κ3) is 4.00. The molecule has 1 N–H and O–H groups in total. The summed E-state index contributed by atoms with van der Waals surface area (Å²) in [5.74, 6) is -0.121. The fraction of sp³-hybridized carbons (Fsp3) is 0.462. The molecule has 17 heavy (non-hydrogen) atoms. The van der Waals surface area contributed by atoms with Crippen LogP contribution in [0.5, 0.6) is 0 Å². The lowest BCUT2D eigenvalue weighted by Crippen LogP contribution is -2.43. The molecule has 2 nitrogen and oxygen atoms in total. The Morgan fingerprint density at radius 3 is 2.71 bits per heavy atom. The van der Waals surface area contributed by atoms with Gasteiger partial charge in [-0.25, -0.2) is 0 Å². The van der Waals surface area contributed by atoms with Gasteiger partial charge in [-0.1, -0.05) is 39.7 Å². The topological polar surface area (TPSA) is 29.1 Å². The molecule has 0 aliphatic rings. The van der Waals surface area contributed by atoms with Gasteiger partial charge in [0.15, 0.2) is 0 Å². The lowest BCUT2D eigenvalue weighted by molar-refractivity contribution is 0.0912. The highest BCUT2D eigenvalue weighted by molar-refractivity contribution is 9.09. The number of hydrogen-bond acceptors (Lipinski definition) is 1. The van der Waals surface area contributed by atoms with E-state index in [1.54, 1.807) is 6.07 Å². The first-order valence-corrected chi connectivity index (χ1v) is 7.01. The van der Waals surface area contributed by atoms with Gasteiger partial charge in [-0.2, -0.15) is 0 Å². The van der Waals surface area contributed by atoms with E-state index in [0.717, 1.165) is 17.3 Å². The minimum absolute atomic E-state index is 0.121. The first-order chi connectivity index (χ1) is 7.87. The van der Waals surface area contributed by atoms with Gasteiger partial charge in [0.25, 0.3) is 5.91 Å². The minimum atomic E-state index is -0.242. The zero-order chi connectivity index (χ0) is 13.1. The fourth-order valence-electron chi connectivity index (χ4n) is 1.50. The van der Waals surface area contributed by atoms with E-state index in [1.165, 1.54) is 0 Å². The number of benzene rings is 1. The monoisotopic (exact) mass is 317 g/mol. The summed E-state index contributed by atoms with van der Waals surface area (Å²) in [4.78, 5) is 12.1. The SMILES string of the molecule is Cc1cccc(C(=O)NC(C)(C)CCBr)c1Cl. The summed E-state index contributed by atoms with van der Waals surface area (Å²) in [5, 5.41) is 4.36. The van der Waals surface area contributed by atoms with E-state index in [2.05, 4.69) is 21.2 Å². The van der Waals surface area contributed by atoms with Crippen LogP contribution in [0.25, 0.3) is 0 Å². The van der Waals surface area contributed by atoms with Crippen molar-refractivity contribution in [1.29, 1.82) is 0 Å². The first-order valence-electron chi connectivity index (χ1n) is 5.51. The number of halogens is 2. The molecule has 0 aliphatic heterocycles. The van der Waals surface area contributed by atoms with Gasteiger partial charge in [0.1, 0.15) is 0 Å². The van der Waals surface area contributed by atoms with E-state index < -0.39 is 0 Å². The van der Waals surface area contributed by atoms with Crippen molar-refractivity contribution in [1.82, 2.24) is 5.32 Å². The molecule has 0 fully saturated rings. The molecule has 0 radical (unpaired) electrons. The van der Waals surface area contributed by atoms with E-state index in [9.17, 15) is 4.79 Å². The maximum Gasteiger partial charge on any atom is 0.253 e. The maximum absolute atomic E-state index is 12.1. The summed E-state index contributed by atoms with van der Waals surface area (Å²) >= 11 is 9.50. The quantitative estimate of drug-likeness (QED) is 0.837. The standard InChI is InChI=1S/C13H17BrClNO/c1-9-5-4-6-10(11(9)15)12(17)16-13(2,3)7-8-14/h4-6H,7-8H2,1-3H3,(H,16,17). The van der Waals surface area contributed by atoms with Crippen LogP contribution in [-0.4, -0.2) is 16.8 Å². The van der Waals surface area contributed by atoms with Crippen LogP contribution >= 0.6 is 27.5 Å². The summed E-state index contributed by atoms with van der Waals surface area (Å²) in [6.45, 7) is 5.88. The van der Waals surface area contributed by atoms with Crippen LogP contribution < -0.4 is 5.32 Å². The van der Waals surface area contributed by atoms with E-state index in [1.807, 2.05) is 32.9 Å². The number of carbonyl (C=O) groups is 1. The van der Waals surface area contributed by atoms with E-state index >= 15 is 0 Å². The summed E-state index contributed by atoms with van der Waals surface area (Å²) < 4.78 is 0. The van der Waals surface area contributed by atoms with Gasteiger partial charge in [0.05, 0.1) is 10.6 Å². The smallest absolute Gasteiger partial charge is 0.253 e. The van der Waals surface area contributed by atoms with Crippen LogP contribution in [0.2, 0.25) is 5.02 Å². The highest BCUT2D eigenvalue weighted by Gasteiger charge is 2.21. The zero-order valence-corrected chi connectivity index (χ0v) is 12.7. The van der Waals surface area contributed by atoms with Crippen LogP contribution in [0.4, 0.5) is 0 Å². The predicted octanol–water partition coefficient (Wildman–Crippen LogP) is 3.94. The lowest BCUT2D eigenvalue weighted by Gasteiger charge is -2.25. The molecule has 1 aromatic carbocycles. The number of aryl methyl sites for hydroxylation is 1. The molecule has 0 saturated heterocycles. The Balaban J connectivity index is 2.87. The number of rotatable bonds is 4. The molecular formula is C13H17BrClNO. The summed E-state index contributed by atoms with van der Waals surface area (Å²) in [5.41, 5.74) is 1.21. The molecule has 1 aromatic rings. The largest absolute Gasteiger partial charge is 0.347 e. The van der Waals surface area contributed by atoms with Crippen molar-refractivity contribution in [2.75, 3.05) is 5.33 Å².